The van der Waals surface area contributed by atoms with E-state index in [1.807, 2.05) is 38.1 Å². The molecule has 1 aliphatic rings. The Balaban J connectivity index is 1.76. The maximum absolute atomic E-state index is 14.0. The third kappa shape index (κ3) is 4.75. The van der Waals surface area contributed by atoms with Crippen molar-refractivity contribution in [2.45, 2.75) is 26.8 Å². The molecule has 1 aliphatic heterocycles. The maximum atomic E-state index is 14.0. The van der Waals surface area contributed by atoms with Crippen LogP contribution in [0.15, 0.2) is 69.0 Å². The lowest BCUT2D eigenvalue weighted by molar-refractivity contribution is 0.0369. The van der Waals surface area contributed by atoms with Gasteiger partial charge in [0.2, 0.25) is 0 Å². The van der Waals surface area contributed by atoms with E-state index in [2.05, 4.69) is 4.90 Å². The molecule has 9 nitrogen and oxygen atoms in total. The molecule has 2 aromatic heterocycles. The number of aromatic nitrogens is 3. The number of aryl methyl sites for hydroxylation is 3. The average molecular weight is 503 g/mol. The quantitative estimate of drug-likeness (QED) is 0.435. The van der Waals surface area contributed by atoms with Gasteiger partial charge in [0.1, 0.15) is 16.8 Å². The second-order valence-corrected chi connectivity index (χ2v) is 9.46. The van der Waals surface area contributed by atoms with Crippen molar-refractivity contribution in [1.82, 2.24) is 18.6 Å². The van der Waals surface area contributed by atoms with Crippen LogP contribution in [0.1, 0.15) is 17.5 Å². The zero-order valence-electron chi connectivity index (χ0n) is 21.0. The largest absolute Gasteiger partial charge is 0.507 e. The molecule has 1 N–H and O–H groups in total. The number of benzene rings is 2. The van der Waals surface area contributed by atoms with Crippen molar-refractivity contribution in [2.24, 2.45) is 0 Å². The Morgan fingerprint density at radius 3 is 1.97 bits per heavy atom. The predicted molar refractivity (Wildman–Crippen MR) is 142 cm³/mol. The van der Waals surface area contributed by atoms with Crippen LogP contribution in [0, 0.1) is 13.8 Å². The van der Waals surface area contributed by atoms with Crippen LogP contribution in [0.3, 0.4) is 0 Å². The molecular weight excluding hydrogens is 472 g/mol. The van der Waals surface area contributed by atoms with Gasteiger partial charge in [0.05, 0.1) is 24.6 Å². The van der Waals surface area contributed by atoms with Crippen molar-refractivity contribution in [3.05, 3.63) is 96.9 Å². The van der Waals surface area contributed by atoms with Crippen molar-refractivity contribution in [3.63, 3.8) is 0 Å². The van der Waals surface area contributed by atoms with Crippen molar-refractivity contribution >= 4 is 11.0 Å². The van der Waals surface area contributed by atoms with Crippen LogP contribution in [0.5, 0.6) is 5.75 Å². The molecule has 2 aromatic carbocycles. The molecule has 0 unspecified atom stereocenters. The van der Waals surface area contributed by atoms with E-state index >= 15 is 0 Å². The van der Waals surface area contributed by atoms with Crippen LogP contribution in [-0.2, 0) is 11.3 Å². The Morgan fingerprint density at radius 2 is 1.38 bits per heavy atom. The standard InChI is InChI=1S/C28H30N4O5/c1-19-4-8-21(9-5-19)31-26-25(27(35)32(28(31)36)22-10-6-20(2)7-11-22)23(33)18-24(34)30(26)13-3-12-29-14-16-37-17-15-29/h4-11,18,33H,3,12-17H2,1-2H3. The molecule has 192 valence electrons. The van der Waals surface area contributed by atoms with Gasteiger partial charge in [0.25, 0.3) is 11.1 Å². The normalized spacial score (nSPS) is 14.3. The average Bonchev–Trinajstić information content (AvgIpc) is 2.88. The highest BCUT2D eigenvalue weighted by molar-refractivity contribution is 5.83. The first kappa shape index (κ1) is 24.7. The summed E-state index contributed by atoms with van der Waals surface area (Å²) in [5.41, 5.74) is 1.19. The van der Waals surface area contributed by atoms with Crippen LogP contribution in [0.2, 0.25) is 0 Å². The molecule has 0 saturated carbocycles. The third-order valence-corrected chi connectivity index (χ3v) is 6.82. The minimum atomic E-state index is -0.674. The van der Waals surface area contributed by atoms with E-state index in [4.69, 9.17) is 4.74 Å². The minimum Gasteiger partial charge on any atom is -0.507 e. The molecule has 9 heteroatoms. The summed E-state index contributed by atoms with van der Waals surface area (Å²) in [6.07, 6.45) is 0.628. The van der Waals surface area contributed by atoms with Crippen molar-refractivity contribution in [3.8, 4) is 17.1 Å². The molecule has 5 rings (SSSR count). The topological polar surface area (TPSA) is 98.7 Å². The molecule has 3 heterocycles. The van der Waals surface area contributed by atoms with E-state index in [0.717, 1.165) is 41.4 Å². The number of hydrogen-bond donors (Lipinski definition) is 1. The van der Waals surface area contributed by atoms with Crippen LogP contribution >= 0.6 is 0 Å². The highest BCUT2D eigenvalue weighted by Gasteiger charge is 2.22. The van der Waals surface area contributed by atoms with Gasteiger partial charge in [-0.3, -0.25) is 19.1 Å². The van der Waals surface area contributed by atoms with Crippen molar-refractivity contribution in [2.75, 3.05) is 32.8 Å². The second-order valence-electron chi connectivity index (χ2n) is 9.46. The van der Waals surface area contributed by atoms with Gasteiger partial charge in [-0.05, 0) is 44.5 Å². The Bertz CT molecular complexity index is 1610. The highest BCUT2D eigenvalue weighted by Crippen LogP contribution is 2.22. The van der Waals surface area contributed by atoms with Crippen molar-refractivity contribution < 1.29 is 9.84 Å². The van der Waals surface area contributed by atoms with Crippen LogP contribution < -0.4 is 16.8 Å². The minimum absolute atomic E-state index is 0.0771. The number of hydrogen-bond acceptors (Lipinski definition) is 6. The van der Waals surface area contributed by atoms with Gasteiger partial charge in [-0.1, -0.05) is 35.4 Å². The van der Waals surface area contributed by atoms with Crippen LogP contribution in [0.4, 0.5) is 0 Å². The summed E-state index contributed by atoms with van der Waals surface area (Å²) in [5, 5.41) is 10.8. The van der Waals surface area contributed by atoms with Gasteiger partial charge in [-0.2, -0.15) is 0 Å². The summed E-state index contributed by atoms with van der Waals surface area (Å²) in [4.78, 5) is 43.1. The fourth-order valence-electron chi connectivity index (χ4n) is 4.79. The first-order valence-electron chi connectivity index (χ1n) is 12.4. The first-order chi connectivity index (χ1) is 17.8. The second kappa shape index (κ2) is 10.2. The van der Waals surface area contributed by atoms with E-state index in [9.17, 15) is 19.5 Å². The molecule has 1 fully saturated rings. The van der Waals surface area contributed by atoms with Crippen molar-refractivity contribution in [1.29, 1.82) is 0 Å². The van der Waals surface area contributed by atoms with Gasteiger partial charge in [0, 0.05) is 32.2 Å². The number of pyridine rings is 1. The fourth-order valence-corrected chi connectivity index (χ4v) is 4.79. The number of aromatic hydroxyl groups is 1. The molecule has 0 spiro atoms. The molecule has 0 bridgehead atoms. The zero-order valence-corrected chi connectivity index (χ0v) is 21.0. The lowest BCUT2D eigenvalue weighted by Gasteiger charge is -2.26. The molecule has 37 heavy (non-hydrogen) atoms. The van der Waals surface area contributed by atoms with Gasteiger partial charge in [0.15, 0.2) is 0 Å². The molecule has 0 aliphatic carbocycles. The third-order valence-electron chi connectivity index (χ3n) is 6.82. The van der Waals surface area contributed by atoms with E-state index in [0.29, 0.717) is 31.0 Å². The molecule has 4 aromatic rings. The number of ether oxygens (including phenoxy) is 1. The maximum Gasteiger partial charge on any atom is 0.341 e. The summed E-state index contributed by atoms with van der Waals surface area (Å²) in [6.45, 7) is 7.87. The van der Waals surface area contributed by atoms with Crippen LogP contribution in [-0.4, -0.2) is 56.6 Å². The summed E-state index contributed by atoms with van der Waals surface area (Å²) in [7, 11) is 0. The number of morpholine rings is 1. The van der Waals surface area contributed by atoms with Crippen LogP contribution in [0.25, 0.3) is 22.4 Å². The molecular formula is C28H30N4O5. The SMILES string of the molecule is Cc1ccc(-n2c(=O)c3c(O)cc(=O)n(CCCN4CCOCC4)c3n(-c3ccc(C)cc3)c2=O)cc1. The van der Waals surface area contributed by atoms with Gasteiger partial charge in [-0.25, -0.2) is 13.9 Å². The highest BCUT2D eigenvalue weighted by atomic mass is 16.5. The summed E-state index contributed by atoms with van der Waals surface area (Å²) >= 11 is 0. The Hall–Kier alpha value is -3.95. The first-order valence-corrected chi connectivity index (χ1v) is 12.4. The predicted octanol–water partition coefficient (Wildman–Crippen LogP) is 2.35. The monoisotopic (exact) mass is 502 g/mol. The Labute approximate surface area is 213 Å². The summed E-state index contributed by atoms with van der Waals surface area (Å²) in [6, 6.07) is 15.3. The van der Waals surface area contributed by atoms with Gasteiger partial charge >= 0.3 is 5.69 Å². The summed E-state index contributed by atoms with van der Waals surface area (Å²) in [5.74, 6) is -0.448. The lowest BCUT2D eigenvalue weighted by atomic mass is 10.2. The molecule has 1 saturated heterocycles. The van der Waals surface area contributed by atoms with E-state index in [-0.39, 0.29) is 17.6 Å². The van der Waals surface area contributed by atoms with Gasteiger partial charge in [-0.15, -0.1) is 0 Å². The lowest BCUT2D eigenvalue weighted by Crippen LogP contribution is -2.41. The Kier molecular flexibility index (Phi) is 6.82. The number of nitrogens with zero attached hydrogens (tertiary/aromatic N) is 4. The molecule has 0 radical (unpaired) electrons. The number of fused-ring (bicyclic) bond motifs is 1. The Morgan fingerprint density at radius 1 is 0.811 bits per heavy atom. The summed E-state index contributed by atoms with van der Waals surface area (Å²) < 4.78 is 9.23. The fraction of sp³-hybridized carbons (Fsp3) is 0.321. The van der Waals surface area contributed by atoms with E-state index in [1.165, 1.54) is 9.13 Å². The smallest absolute Gasteiger partial charge is 0.341 e. The van der Waals surface area contributed by atoms with Gasteiger partial charge < -0.3 is 9.84 Å². The zero-order chi connectivity index (χ0) is 26.1. The van der Waals surface area contributed by atoms with E-state index in [1.54, 1.807) is 24.3 Å². The molecule has 0 amide bonds. The van der Waals surface area contributed by atoms with E-state index < -0.39 is 22.6 Å². The molecule has 0 atom stereocenters. The number of rotatable bonds is 6.